The van der Waals surface area contributed by atoms with Crippen molar-refractivity contribution in [2.75, 3.05) is 26.4 Å². The van der Waals surface area contributed by atoms with E-state index in [1.54, 1.807) is 9.58 Å². The second-order valence-electron chi connectivity index (χ2n) is 11.5. The van der Waals surface area contributed by atoms with Gasteiger partial charge in [-0.1, -0.05) is 12.1 Å². The summed E-state index contributed by atoms with van der Waals surface area (Å²) in [6, 6.07) is 13.4. The zero-order chi connectivity index (χ0) is 29.7. The predicted octanol–water partition coefficient (Wildman–Crippen LogP) is 3.44. The normalized spacial score (nSPS) is 15.7. The fraction of sp³-hybridized carbons (Fsp3) is 0.387. The second-order valence-corrected chi connectivity index (χ2v) is 11.5. The first-order valence-electron chi connectivity index (χ1n) is 14.6. The molecule has 1 aliphatic heterocycles. The summed E-state index contributed by atoms with van der Waals surface area (Å²) in [5, 5.41) is 14.2. The summed E-state index contributed by atoms with van der Waals surface area (Å²) in [4.78, 5) is 23.9. The molecule has 0 bridgehead atoms. The maximum Gasteiger partial charge on any atom is 0.254 e. The van der Waals surface area contributed by atoms with E-state index in [1.165, 1.54) is 19.2 Å². The second kappa shape index (κ2) is 10.8. The number of halogens is 1. The average molecular weight is 582 g/mol. The van der Waals surface area contributed by atoms with Gasteiger partial charge in [-0.3, -0.25) is 4.79 Å². The molecule has 12 heteroatoms. The summed E-state index contributed by atoms with van der Waals surface area (Å²) in [6.07, 6.45) is 4.60. The molecule has 1 amide bonds. The maximum absolute atomic E-state index is 13.3. The number of fused-ring (bicyclic) bond motifs is 3. The Bertz CT molecular complexity index is 1890. The number of alkyl halides is 1. The van der Waals surface area contributed by atoms with Crippen LogP contribution in [0.3, 0.4) is 0 Å². The fourth-order valence-electron chi connectivity index (χ4n) is 5.99. The number of nitriles is 1. The Balaban J connectivity index is 1.25. The minimum atomic E-state index is -0.683. The largest absolute Gasteiger partial charge is 0.489 e. The molecule has 0 unspecified atom stereocenters. The Labute approximate surface area is 247 Å². The molecule has 11 nitrogen and oxygen atoms in total. The van der Waals surface area contributed by atoms with Crippen LogP contribution in [0.2, 0.25) is 0 Å². The molecule has 7 rings (SSSR count). The van der Waals surface area contributed by atoms with Crippen molar-refractivity contribution in [1.82, 2.24) is 33.8 Å². The van der Waals surface area contributed by atoms with Gasteiger partial charge in [-0.25, -0.2) is 19.0 Å². The van der Waals surface area contributed by atoms with E-state index in [9.17, 15) is 9.18 Å². The Morgan fingerprint density at radius 1 is 1.26 bits per heavy atom. The van der Waals surface area contributed by atoms with Crippen LogP contribution in [0.4, 0.5) is 4.39 Å². The van der Waals surface area contributed by atoms with Crippen molar-refractivity contribution in [3.05, 3.63) is 59.7 Å². The number of benzene rings is 2. The molecule has 0 spiro atoms. The first-order chi connectivity index (χ1) is 20.9. The molecule has 2 aliphatic rings. The summed E-state index contributed by atoms with van der Waals surface area (Å²) in [6.45, 7) is 1.75. The highest BCUT2D eigenvalue weighted by atomic mass is 19.1. The van der Waals surface area contributed by atoms with Crippen molar-refractivity contribution < 1.29 is 13.9 Å². The number of ether oxygens (including phenoxy) is 1. The van der Waals surface area contributed by atoms with Gasteiger partial charge in [-0.05, 0) is 55.0 Å². The number of carbonyl (C=O) groups is 1. The molecule has 1 aliphatic carbocycles. The van der Waals surface area contributed by atoms with E-state index in [0.29, 0.717) is 37.6 Å². The van der Waals surface area contributed by atoms with Crippen molar-refractivity contribution in [1.29, 1.82) is 5.26 Å². The van der Waals surface area contributed by atoms with Gasteiger partial charge in [0.2, 0.25) is 0 Å². The topological polar surface area (TPSA) is 133 Å². The van der Waals surface area contributed by atoms with Crippen LogP contribution in [-0.2, 0) is 26.6 Å². The zero-order valence-corrected chi connectivity index (χ0v) is 23.9. The highest BCUT2D eigenvalue weighted by Crippen LogP contribution is 2.39. The number of aryl methyl sites for hydroxylation is 1. The van der Waals surface area contributed by atoms with Gasteiger partial charge in [-0.2, -0.15) is 5.26 Å². The van der Waals surface area contributed by atoms with Crippen molar-refractivity contribution >= 4 is 27.8 Å². The number of hydrogen-bond donors (Lipinski definition) is 1. The number of nitrogens with two attached hydrogens (primary N) is 1. The van der Waals surface area contributed by atoms with E-state index in [-0.39, 0.29) is 18.3 Å². The summed E-state index contributed by atoms with van der Waals surface area (Å²) >= 11 is 0. The van der Waals surface area contributed by atoms with Crippen molar-refractivity contribution in [2.45, 2.75) is 38.4 Å². The number of aromatic nitrogens is 6. The van der Waals surface area contributed by atoms with E-state index >= 15 is 0 Å². The summed E-state index contributed by atoms with van der Waals surface area (Å²) in [5.41, 5.74) is 11.1. The van der Waals surface area contributed by atoms with E-state index in [4.69, 9.17) is 20.7 Å². The summed E-state index contributed by atoms with van der Waals surface area (Å²) < 4.78 is 25.3. The molecule has 4 heterocycles. The standard InChI is InChI=1S/C31H32FN9O2/c1-38-25-11-20-7-8-39(17-22(34)14-32)31(42)23(20)13-24(25)36-30(38)26-12-21-3-2-4-27(29(21)41(26)16-19-5-6-19)43-10-9-40-18-35-28(15-33)37-40/h2-4,11-13,18-19,22H,5-10,14,16-17,34H2,1H3/t22-/m1/s1. The van der Waals surface area contributed by atoms with Crippen LogP contribution in [0.5, 0.6) is 5.75 Å². The Morgan fingerprint density at radius 2 is 2.12 bits per heavy atom. The lowest BCUT2D eigenvalue weighted by Crippen LogP contribution is -2.45. The van der Waals surface area contributed by atoms with Gasteiger partial charge in [0.1, 0.15) is 31.4 Å². The fourth-order valence-corrected chi connectivity index (χ4v) is 5.99. The van der Waals surface area contributed by atoms with Gasteiger partial charge in [-0.15, -0.1) is 5.10 Å². The minimum Gasteiger partial charge on any atom is -0.489 e. The number of carbonyl (C=O) groups excluding carboxylic acids is 1. The van der Waals surface area contributed by atoms with Crippen LogP contribution < -0.4 is 10.5 Å². The van der Waals surface area contributed by atoms with Crippen LogP contribution in [-0.4, -0.2) is 72.1 Å². The average Bonchev–Trinajstić information content (AvgIpc) is 3.45. The number of para-hydroxylation sites is 1. The lowest BCUT2D eigenvalue weighted by molar-refractivity contribution is 0.0725. The number of rotatable bonds is 10. The lowest BCUT2D eigenvalue weighted by Gasteiger charge is -2.30. The van der Waals surface area contributed by atoms with Crippen LogP contribution >= 0.6 is 0 Å². The molecular weight excluding hydrogens is 549 g/mol. The predicted molar refractivity (Wildman–Crippen MR) is 158 cm³/mol. The number of imidazole rings is 1. The maximum atomic E-state index is 13.3. The smallest absolute Gasteiger partial charge is 0.254 e. The Kier molecular flexibility index (Phi) is 6.82. The van der Waals surface area contributed by atoms with E-state index in [0.717, 1.165) is 51.3 Å². The molecule has 0 saturated heterocycles. The van der Waals surface area contributed by atoms with Crippen LogP contribution in [0, 0.1) is 17.2 Å². The molecule has 2 aromatic carbocycles. The summed E-state index contributed by atoms with van der Waals surface area (Å²) in [7, 11) is 2.01. The lowest BCUT2D eigenvalue weighted by atomic mass is 9.97. The van der Waals surface area contributed by atoms with Gasteiger partial charge in [0.15, 0.2) is 5.82 Å². The van der Waals surface area contributed by atoms with E-state index in [1.807, 2.05) is 31.3 Å². The van der Waals surface area contributed by atoms with Gasteiger partial charge < -0.3 is 24.5 Å². The number of amides is 1. The quantitative estimate of drug-likeness (QED) is 0.267. The number of hydrogen-bond acceptors (Lipinski definition) is 7. The van der Waals surface area contributed by atoms with Gasteiger partial charge in [0, 0.05) is 37.6 Å². The first-order valence-corrected chi connectivity index (χ1v) is 14.6. The summed E-state index contributed by atoms with van der Waals surface area (Å²) in [5.74, 6) is 2.20. The molecule has 1 fully saturated rings. The van der Waals surface area contributed by atoms with Gasteiger partial charge >= 0.3 is 0 Å². The third kappa shape index (κ3) is 4.99. The third-order valence-electron chi connectivity index (χ3n) is 8.39. The monoisotopic (exact) mass is 581 g/mol. The van der Waals surface area contributed by atoms with Crippen LogP contribution in [0.15, 0.2) is 42.7 Å². The van der Waals surface area contributed by atoms with Crippen molar-refractivity contribution in [3.63, 3.8) is 0 Å². The van der Waals surface area contributed by atoms with Crippen molar-refractivity contribution in [3.8, 4) is 23.3 Å². The molecule has 43 heavy (non-hydrogen) atoms. The first kappa shape index (κ1) is 27.1. The third-order valence-corrected chi connectivity index (χ3v) is 8.39. The van der Waals surface area contributed by atoms with Crippen molar-refractivity contribution in [2.24, 2.45) is 18.7 Å². The van der Waals surface area contributed by atoms with Gasteiger partial charge in [0.05, 0.1) is 34.8 Å². The highest BCUT2D eigenvalue weighted by molar-refractivity contribution is 6.01. The van der Waals surface area contributed by atoms with E-state index in [2.05, 4.69) is 37.4 Å². The molecule has 2 N–H and O–H groups in total. The van der Waals surface area contributed by atoms with Crippen LogP contribution in [0.1, 0.15) is 34.6 Å². The minimum absolute atomic E-state index is 0.126. The van der Waals surface area contributed by atoms with Gasteiger partial charge in [0.25, 0.3) is 11.7 Å². The highest BCUT2D eigenvalue weighted by Gasteiger charge is 2.29. The zero-order valence-electron chi connectivity index (χ0n) is 23.9. The Morgan fingerprint density at radius 3 is 2.88 bits per heavy atom. The number of nitrogens with zero attached hydrogens (tertiary/aromatic N) is 8. The van der Waals surface area contributed by atoms with E-state index < -0.39 is 12.7 Å². The molecule has 0 radical (unpaired) electrons. The molecule has 220 valence electrons. The SMILES string of the molecule is Cn1c(-c2cc3cccc(OCCn4cnc(C#N)n4)c3n2CC2CC2)nc2cc3c(cc21)CCN(C[C@H](N)CF)C3=O. The van der Waals surface area contributed by atoms with Crippen LogP contribution in [0.25, 0.3) is 33.5 Å². The molecular formula is C31H32FN9O2. The molecule has 5 aromatic rings. The molecule has 3 aromatic heterocycles. The Hall–Kier alpha value is -4.76. The molecule has 1 atom stereocenters. The molecule has 1 saturated carbocycles.